The summed E-state index contributed by atoms with van der Waals surface area (Å²) in [6.07, 6.45) is 4.56. The third kappa shape index (κ3) is 2.39. The highest BCUT2D eigenvalue weighted by Crippen LogP contribution is 2.39. The molecule has 5 heteroatoms. The summed E-state index contributed by atoms with van der Waals surface area (Å²) in [4.78, 5) is 10.5. The molecule has 2 N–H and O–H groups in total. The van der Waals surface area contributed by atoms with Gasteiger partial charge in [-0.25, -0.2) is 0 Å². The Morgan fingerprint density at radius 1 is 1.33 bits per heavy atom. The van der Waals surface area contributed by atoms with Crippen molar-refractivity contribution in [2.45, 2.75) is 38.1 Å². The minimum atomic E-state index is -0.356. The molecule has 0 unspecified atom stereocenters. The van der Waals surface area contributed by atoms with Gasteiger partial charge in [0.05, 0.1) is 4.92 Å². The monoisotopic (exact) mass is 249 g/mol. The van der Waals surface area contributed by atoms with E-state index in [1.54, 1.807) is 19.2 Å². The van der Waals surface area contributed by atoms with Crippen LogP contribution in [-0.2, 0) is 0 Å². The molecule has 0 spiro atoms. The van der Waals surface area contributed by atoms with E-state index in [4.69, 9.17) is 0 Å². The summed E-state index contributed by atoms with van der Waals surface area (Å²) in [7, 11) is 1.77. The lowest BCUT2D eigenvalue weighted by Gasteiger charge is -2.43. The van der Waals surface area contributed by atoms with Gasteiger partial charge in [-0.1, -0.05) is 6.92 Å². The molecule has 0 radical (unpaired) electrons. The fourth-order valence-corrected chi connectivity index (χ4v) is 2.41. The Bertz CT molecular complexity index is 450. The summed E-state index contributed by atoms with van der Waals surface area (Å²) in [5.74, 6) is 0. The molecule has 2 rings (SSSR count). The number of non-ortho nitro benzene ring substituents is 1. The predicted molar refractivity (Wildman–Crippen MR) is 73.1 cm³/mol. The zero-order valence-corrected chi connectivity index (χ0v) is 10.8. The molecule has 0 atom stereocenters. The minimum Gasteiger partial charge on any atom is -0.388 e. The van der Waals surface area contributed by atoms with Gasteiger partial charge in [0.25, 0.3) is 5.69 Å². The molecule has 0 aliphatic heterocycles. The first-order valence-electron chi connectivity index (χ1n) is 6.34. The van der Waals surface area contributed by atoms with Crippen LogP contribution in [0.2, 0.25) is 0 Å². The van der Waals surface area contributed by atoms with Gasteiger partial charge in [-0.2, -0.15) is 0 Å². The maximum Gasteiger partial charge on any atom is 0.273 e. The second-order valence-corrected chi connectivity index (χ2v) is 4.89. The molecular weight excluding hydrogens is 230 g/mol. The van der Waals surface area contributed by atoms with E-state index < -0.39 is 0 Å². The van der Waals surface area contributed by atoms with Crippen molar-refractivity contribution in [2.75, 3.05) is 17.7 Å². The highest BCUT2D eigenvalue weighted by Gasteiger charge is 2.35. The average molecular weight is 249 g/mol. The Balaban J connectivity index is 2.26. The third-order valence-corrected chi connectivity index (χ3v) is 3.81. The third-order valence-electron chi connectivity index (χ3n) is 3.81. The molecule has 1 aromatic carbocycles. The lowest BCUT2D eigenvalue weighted by atomic mass is 9.74. The van der Waals surface area contributed by atoms with E-state index in [0.717, 1.165) is 30.6 Å². The van der Waals surface area contributed by atoms with Crippen LogP contribution in [0.25, 0.3) is 0 Å². The SMILES string of the molecule is CCC1(Nc2cc(NC)cc([N+](=O)[O-])c2)CCC1. The summed E-state index contributed by atoms with van der Waals surface area (Å²) in [5, 5.41) is 17.3. The second-order valence-electron chi connectivity index (χ2n) is 4.89. The van der Waals surface area contributed by atoms with Crippen molar-refractivity contribution in [3.8, 4) is 0 Å². The van der Waals surface area contributed by atoms with Crippen LogP contribution in [0, 0.1) is 10.1 Å². The number of nitrogens with zero attached hydrogens (tertiary/aromatic N) is 1. The van der Waals surface area contributed by atoms with Crippen molar-refractivity contribution in [3.05, 3.63) is 28.3 Å². The van der Waals surface area contributed by atoms with Gasteiger partial charge in [0.1, 0.15) is 0 Å². The number of hydrogen-bond acceptors (Lipinski definition) is 4. The van der Waals surface area contributed by atoms with Gasteiger partial charge >= 0.3 is 0 Å². The van der Waals surface area contributed by atoms with Crippen LogP contribution >= 0.6 is 0 Å². The lowest BCUT2D eigenvalue weighted by Crippen LogP contribution is -2.44. The van der Waals surface area contributed by atoms with Crippen LogP contribution in [0.15, 0.2) is 18.2 Å². The summed E-state index contributed by atoms with van der Waals surface area (Å²) in [5.41, 5.74) is 1.85. The molecule has 1 aromatic rings. The van der Waals surface area contributed by atoms with Crippen molar-refractivity contribution in [1.29, 1.82) is 0 Å². The molecule has 98 valence electrons. The molecule has 0 saturated heterocycles. The lowest BCUT2D eigenvalue weighted by molar-refractivity contribution is -0.384. The van der Waals surface area contributed by atoms with Crippen molar-refractivity contribution in [2.24, 2.45) is 0 Å². The number of rotatable bonds is 5. The molecule has 1 aliphatic carbocycles. The quantitative estimate of drug-likeness (QED) is 0.620. The Labute approximate surface area is 107 Å². The standard InChI is InChI=1S/C13H19N3O2/c1-3-13(5-4-6-13)15-11-7-10(14-2)8-12(9-11)16(17)18/h7-9,14-15H,3-6H2,1-2H3. The van der Waals surface area contributed by atoms with E-state index >= 15 is 0 Å². The fraction of sp³-hybridized carbons (Fsp3) is 0.538. The van der Waals surface area contributed by atoms with Gasteiger partial charge in [-0.15, -0.1) is 0 Å². The van der Waals surface area contributed by atoms with Gasteiger partial charge in [0, 0.05) is 36.1 Å². The molecule has 1 fully saturated rings. The molecule has 18 heavy (non-hydrogen) atoms. The van der Waals surface area contributed by atoms with Crippen LogP contribution in [0.4, 0.5) is 17.1 Å². The molecule has 0 heterocycles. The molecule has 0 aromatic heterocycles. The first-order valence-corrected chi connectivity index (χ1v) is 6.34. The van der Waals surface area contributed by atoms with Gasteiger partial charge < -0.3 is 10.6 Å². The summed E-state index contributed by atoms with van der Waals surface area (Å²) in [6.45, 7) is 2.16. The number of nitro groups is 1. The zero-order chi connectivity index (χ0) is 13.2. The van der Waals surface area contributed by atoms with Crippen molar-refractivity contribution in [3.63, 3.8) is 0 Å². The summed E-state index contributed by atoms with van der Waals surface area (Å²) >= 11 is 0. The predicted octanol–water partition coefficient (Wildman–Crippen LogP) is 3.38. The van der Waals surface area contributed by atoms with Crippen molar-refractivity contribution < 1.29 is 4.92 Å². The van der Waals surface area contributed by atoms with Gasteiger partial charge in [-0.3, -0.25) is 10.1 Å². The van der Waals surface area contributed by atoms with Crippen molar-refractivity contribution in [1.82, 2.24) is 0 Å². The average Bonchev–Trinajstić information content (AvgIpc) is 2.33. The second kappa shape index (κ2) is 4.84. The Kier molecular flexibility index (Phi) is 3.41. The van der Waals surface area contributed by atoms with E-state index in [-0.39, 0.29) is 16.1 Å². The molecule has 0 amide bonds. The van der Waals surface area contributed by atoms with Crippen molar-refractivity contribution >= 4 is 17.1 Å². The maximum absolute atomic E-state index is 10.9. The first-order chi connectivity index (χ1) is 8.58. The van der Waals surface area contributed by atoms with Crippen LogP contribution in [0.5, 0.6) is 0 Å². The van der Waals surface area contributed by atoms with Gasteiger partial charge in [-0.05, 0) is 31.7 Å². The number of benzene rings is 1. The van der Waals surface area contributed by atoms with Gasteiger partial charge in [0.15, 0.2) is 0 Å². The molecule has 1 aliphatic rings. The van der Waals surface area contributed by atoms with Crippen LogP contribution in [-0.4, -0.2) is 17.5 Å². The first kappa shape index (κ1) is 12.7. The topological polar surface area (TPSA) is 67.2 Å². The van der Waals surface area contributed by atoms with E-state index in [0.29, 0.717) is 0 Å². The highest BCUT2D eigenvalue weighted by atomic mass is 16.6. The van der Waals surface area contributed by atoms with Crippen LogP contribution < -0.4 is 10.6 Å². The van der Waals surface area contributed by atoms with E-state index in [9.17, 15) is 10.1 Å². The van der Waals surface area contributed by atoms with E-state index in [2.05, 4.69) is 17.6 Å². The zero-order valence-electron chi connectivity index (χ0n) is 10.8. The smallest absolute Gasteiger partial charge is 0.273 e. The molecule has 5 nitrogen and oxygen atoms in total. The molecule has 0 bridgehead atoms. The largest absolute Gasteiger partial charge is 0.388 e. The Hall–Kier alpha value is -1.78. The number of anilines is 2. The fourth-order valence-electron chi connectivity index (χ4n) is 2.41. The highest BCUT2D eigenvalue weighted by molar-refractivity contribution is 5.64. The maximum atomic E-state index is 10.9. The molecule has 1 saturated carbocycles. The van der Waals surface area contributed by atoms with E-state index in [1.165, 1.54) is 6.42 Å². The normalized spacial score (nSPS) is 16.8. The van der Waals surface area contributed by atoms with E-state index in [1.807, 2.05) is 6.07 Å². The number of hydrogen-bond donors (Lipinski definition) is 2. The summed E-state index contributed by atoms with van der Waals surface area (Å²) < 4.78 is 0. The van der Waals surface area contributed by atoms with Gasteiger partial charge in [0.2, 0.25) is 0 Å². The molecular formula is C13H19N3O2. The Morgan fingerprint density at radius 3 is 2.44 bits per heavy atom. The Morgan fingerprint density at radius 2 is 2.00 bits per heavy atom. The minimum absolute atomic E-state index is 0.120. The van der Waals surface area contributed by atoms with Crippen LogP contribution in [0.1, 0.15) is 32.6 Å². The number of nitrogens with one attached hydrogen (secondary N) is 2. The number of nitro benzene ring substituents is 1. The van der Waals surface area contributed by atoms with Crippen LogP contribution in [0.3, 0.4) is 0 Å². The summed E-state index contributed by atoms with van der Waals surface area (Å²) in [6, 6.07) is 5.07.